The number of rotatable bonds is 6. The van der Waals surface area contributed by atoms with E-state index in [-0.39, 0.29) is 18.3 Å². The fraction of sp³-hybridized carbons (Fsp3) is 0.304. The number of carbonyl (C=O) groups is 1. The lowest BCUT2D eigenvalue weighted by molar-refractivity contribution is 0.0964. The smallest absolute Gasteiger partial charge is 0.173 e. The number of Topliss-reactive ketones (excluding diaryl/α,β-unsaturated/α-hetero) is 1. The van der Waals surface area contributed by atoms with Crippen molar-refractivity contribution < 1.29 is 9.90 Å². The minimum atomic E-state index is -0.218. The minimum absolute atomic E-state index is 0.0599. The Hall–Kier alpha value is -2.90. The maximum Gasteiger partial charge on any atom is 0.173 e. The number of aliphatic hydroxyl groups excluding tert-OH is 1. The average Bonchev–Trinajstić information content (AvgIpc) is 3.44. The molecule has 0 aliphatic heterocycles. The maximum atomic E-state index is 12.9. The number of H-pyrrole nitrogens is 1. The summed E-state index contributed by atoms with van der Waals surface area (Å²) in [5, 5.41) is 17.7. The number of aryl methyl sites for hydroxylation is 2. The van der Waals surface area contributed by atoms with Gasteiger partial charge in [-0.2, -0.15) is 5.10 Å². The Morgan fingerprint density at radius 1 is 1.17 bits per heavy atom. The van der Waals surface area contributed by atoms with Crippen LogP contribution in [0.3, 0.4) is 0 Å². The van der Waals surface area contributed by atoms with Crippen molar-refractivity contribution in [2.45, 2.75) is 38.0 Å². The van der Waals surface area contributed by atoms with Gasteiger partial charge in [-0.3, -0.25) is 9.89 Å². The lowest BCUT2D eigenvalue weighted by atomic mass is 9.92. The Kier molecular flexibility index (Phi) is 5.14. The molecule has 4 aromatic rings. The summed E-state index contributed by atoms with van der Waals surface area (Å²) in [6.45, 7) is -0.0599. The number of aliphatic hydroxyl groups is 1. The van der Waals surface area contributed by atoms with Crippen LogP contribution in [0.25, 0.3) is 22.3 Å². The van der Waals surface area contributed by atoms with Crippen LogP contribution < -0.4 is 0 Å². The molecule has 1 aliphatic rings. The van der Waals surface area contributed by atoms with Gasteiger partial charge < -0.3 is 5.11 Å². The first-order valence-electron chi connectivity index (χ1n) is 10.2. The number of fused-ring (bicyclic) bond motifs is 2. The first kappa shape index (κ1) is 19.1. The highest BCUT2D eigenvalue weighted by Crippen LogP contribution is 2.32. The lowest BCUT2D eigenvalue weighted by Gasteiger charge is -2.14. The van der Waals surface area contributed by atoms with Crippen molar-refractivity contribution >= 4 is 28.2 Å². The fourth-order valence-electron chi connectivity index (χ4n) is 4.15. The molecule has 1 unspecified atom stereocenters. The molecule has 3 heterocycles. The molecule has 0 fully saturated rings. The molecular weight excluding hydrogens is 396 g/mol. The maximum absolute atomic E-state index is 12.9. The molecule has 1 atom stereocenters. The van der Waals surface area contributed by atoms with Gasteiger partial charge in [-0.05, 0) is 42.9 Å². The van der Waals surface area contributed by atoms with Gasteiger partial charge in [0.25, 0.3) is 0 Å². The van der Waals surface area contributed by atoms with Crippen molar-refractivity contribution in [1.29, 1.82) is 0 Å². The molecule has 5 rings (SSSR count). The molecule has 0 saturated heterocycles. The summed E-state index contributed by atoms with van der Waals surface area (Å²) in [4.78, 5) is 23.6. The van der Waals surface area contributed by atoms with Crippen molar-refractivity contribution in [1.82, 2.24) is 20.2 Å². The molecule has 0 radical (unpaired) electrons. The second-order valence-electron chi connectivity index (χ2n) is 7.75. The molecule has 7 heteroatoms. The molecule has 152 valence electrons. The first-order valence-corrected chi connectivity index (χ1v) is 11.0. The Balaban J connectivity index is 1.35. The predicted molar refractivity (Wildman–Crippen MR) is 117 cm³/mol. The van der Waals surface area contributed by atoms with Gasteiger partial charge in [-0.15, -0.1) is 11.3 Å². The molecule has 0 amide bonds. The molecule has 3 aromatic heterocycles. The van der Waals surface area contributed by atoms with E-state index in [4.69, 9.17) is 0 Å². The summed E-state index contributed by atoms with van der Waals surface area (Å²) in [7, 11) is 0. The number of hydrogen-bond donors (Lipinski definition) is 2. The first-order chi connectivity index (χ1) is 14.7. The van der Waals surface area contributed by atoms with Gasteiger partial charge in [-0.25, -0.2) is 9.97 Å². The fourth-order valence-corrected chi connectivity index (χ4v) is 5.35. The molecule has 0 spiro atoms. The van der Waals surface area contributed by atoms with E-state index < -0.39 is 0 Å². The van der Waals surface area contributed by atoms with E-state index >= 15 is 0 Å². The zero-order chi connectivity index (χ0) is 20.5. The van der Waals surface area contributed by atoms with Crippen LogP contribution in [0.15, 0.2) is 42.9 Å². The molecule has 2 N–H and O–H groups in total. The van der Waals surface area contributed by atoms with Gasteiger partial charge in [0.2, 0.25) is 0 Å². The predicted octanol–water partition coefficient (Wildman–Crippen LogP) is 4.31. The highest BCUT2D eigenvalue weighted by Gasteiger charge is 2.21. The normalized spacial score (nSPS) is 14.6. The van der Waals surface area contributed by atoms with Crippen LogP contribution in [-0.4, -0.2) is 37.7 Å². The van der Waals surface area contributed by atoms with Gasteiger partial charge >= 0.3 is 0 Å². The van der Waals surface area contributed by atoms with Crippen LogP contribution in [0, 0.1) is 0 Å². The summed E-state index contributed by atoms with van der Waals surface area (Å²) in [5.74, 6) is -0.0987. The quantitative estimate of drug-likeness (QED) is 0.455. The van der Waals surface area contributed by atoms with E-state index in [1.54, 1.807) is 17.5 Å². The standard InChI is InChI=1S/C23H22N4O2S/c28-12-17(9-19(29)21-10-16-3-1-2-4-20(16)30-21)14-5-7-15(8-6-14)22-18-11-26-27-23(18)25-13-24-22/h5-8,10-11,13,17,28H,1-4,9,12H2,(H,24,25,26,27). The van der Waals surface area contributed by atoms with Gasteiger partial charge in [-0.1, -0.05) is 24.3 Å². The van der Waals surface area contributed by atoms with Crippen LogP contribution in [0.5, 0.6) is 0 Å². The van der Waals surface area contributed by atoms with Gasteiger partial charge in [0.05, 0.1) is 28.8 Å². The van der Waals surface area contributed by atoms with E-state index in [1.165, 1.54) is 29.6 Å². The van der Waals surface area contributed by atoms with E-state index in [0.29, 0.717) is 12.1 Å². The summed E-state index contributed by atoms with van der Waals surface area (Å²) in [6.07, 6.45) is 8.13. The Morgan fingerprint density at radius 3 is 2.80 bits per heavy atom. The summed E-state index contributed by atoms with van der Waals surface area (Å²) >= 11 is 1.64. The highest BCUT2D eigenvalue weighted by molar-refractivity contribution is 7.14. The van der Waals surface area contributed by atoms with Crippen molar-refractivity contribution in [3.05, 3.63) is 63.7 Å². The third-order valence-electron chi connectivity index (χ3n) is 5.83. The Bertz CT molecular complexity index is 1170. The monoisotopic (exact) mass is 418 g/mol. The second kappa shape index (κ2) is 8.08. The topological polar surface area (TPSA) is 91.8 Å². The summed E-state index contributed by atoms with van der Waals surface area (Å²) in [5.41, 5.74) is 4.74. The van der Waals surface area contributed by atoms with Crippen molar-refractivity contribution in [3.63, 3.8) is 0 Å². The second-order valence-corrected chi connectivity index (χ2v) is 8.89. The number of hydrogen-bond acceptors (Lipinski definition) is 6. The van der Waals surface area contributed by atoms with Crippen LogP contribution in [-0.2, 0) is 12.8 Å². The van der Waals surface area contributed by atoms with Crippen molar-refractivity contribution in [2.24, 2.45) is 0 Å². The SMILES string of the molecule is O=C(CC(CO)c1ccc(-c2ncnc3[nH]ncc23)cc1)c1cc2c(s1)CCCC2. The molecule has 30 heavy (non-hydrogen) atoms. The highest BCUT2D eigenvalue weighted by atomic mass is 32.1. The zero-order valence-electron chi connectivity index (χ0n) is 16.5. The minimum Gasteiger partial charge on any atom is -0.396 e. The van der Waals surface area contributed by atoms with E-state index in [0.717, 1.165) is 39.9 Å². The van der Waals surface area contributed by atoms with Crippen molar-refractivity contribution in [3.8, 4) is 11.3 Å². The van der Waals surface area contributed by atoms with Gasteiger partial charge in [0.15, 0.2) is 11.4 Å². The molecule has 1 aliphatic carbocycles. The molecule has 1 aromatic carbocycles. The Labute approximate surface area is 178 Å². The number of ketones is 1. The summed E-state index contributed by atoms with van der Waals surface area (Å²) in [6, 6.07) is 9.96. The van der Waals surface area contributed by atoms with E-state index in [9.17, 15) is 9.90 Å². The largest absolute Gasteiger partial charge is 0.396 e. The van der Waals surface area contributed by atoms with Crippen LogP contribution in [0.4, 0.5) is 0 Å². The van der Waals surface area contributed by atoms with Crippen LogP contribution in [0.2, 0.25) is 0 Å². The number of aromatic nitrogens is 4. The van der Waals surface area contributed by atoms with Crippen molar-refractivity contribution in [2.75, 3.05) is 6.61 Å². The zero-order valence-corrected chi connectivity index (χ0v) is 17.3. The van der Waals surface area contributed by atoms with Gasteiger partial charge in [0, 0.05) is 22.8 Å². The molecule has 0 saturated carbocycles. The average molecular weight is 419 g/mol. The summed E-state index contributed by atoms with van der Waals surface area (Å²) < 4.78 is 0. The molecular formula is C23H22N4O2S. The third kappa shape index (κ3) is 3.55. The number of benzene rings is 1. The lowest BCUT2D eigenvalue weighted by Crippen LogP contribution is -2.10. The van der Waals surface area contributed by atoms with Gasteiger partial charge in [0.1, 0.15) is 6.33 Å². The number of carbonyl (C=O) groups excluding carboxylic acids is 1. The van der Waals surface area contributed by atoms with E-state index in [1.807, 2.05) is 24.3 Å². The molecule has 0 bridgehead atoms. The number of nitrogens with zero attached hydrogens (tertiary/aromatic N) is 3. The molecule has 6 nitrogen and oxygen atoms in total. The van der Waals surface area contributed by atoms with Crippen LogP contribution >= 0.6 is 11.3 Å². The Morgan fingerprint density at radius 2 is 2.00 bits per heavy atom. The third-order valence-corrected chi connectivity index (χ3v) is 7.11. The number of aromatic amines is 1. The van der Waals surface area contributed by atoms with E-state index in [2.05, 4.69) is 26.2 Å². The number of nitrogens with one attached hydrogen (secondary N) is 1. The van der Waals surface area contributed by atoms with Crippen LogP contribution in [0.1, 0.15) is 50.9 Å². The number of thiophene rings is 1.